The third-order valence-electron chi connectivity index (χ3n) is 1.89. The Hall–Kier alpha value is -0.920. The number of rotatable bonds is 3. The molecule has 0 radical (unpaired) electrons. The van der Waals surface area contributed by atoms with Gasteiger partial charge in [-0.25, -0.2) is 0 Å². The summed E-state index contributed by atoms with van der Waals surface area (Å²) in [5.74, 6) is 0.824. The lowest BCUT2D eigenvalue weighted by Gasteiger charge is -1.94. The van der Waals surface area contributed by atoms with Crippen LogP contribution in [0.15, 0.2) is 21.9 Å². The fraction of sp³-hybridized carbons (Fsp3) is 0.556. The third-order valence-corrected chi connectivity index (χ3v) is 1.89. The Labute approximate surface area is 67.7 Å². The van der Waals surface area contributed by atoms with E-state index in [0.717, 1.165) is 11.6 Å². The monoisotopic (exact) mass is 150 g/mol. The molecule has 0 aliphatic heterocycles. The lowest BCUT2D eigenvalue weighted by Crippen LogP contribution is -1.87. The highest BCUT2D eigenvalue weighted by Gasteiger charge is 2.22. The standard InChI is InChI=1S/C9H14N2/c1-7(9-4-5-9)6-8(2)11-10-3/h6,9H,3-5H2,1-2H3/b7-6+,11-8-. The topological polar surface area (TPSA) is 24.7 Å². The molecule has 1 aliphatic rings. The van der Waals surface area contributed by atoms with Crippen LogP contribution in [0.1, 0.15) is 26.7 Å². The summed E-state index contributed by atoms with van der Waals surface area (Å²) in [5.41, 5.74) is 2.37. The molecular weight excluding hydrogens is 136 g/mol. The van der Waals surface area contributed by atoms with Crippen LogP contribution in [0.25, 0.3) is 0 Å². The molecule has 0 bridgehead atoms. The minimum absolute atomic E-state index is 0.824. The highest BCUT2D eigenvalue weighted by molar-refractivity contribution is 5.93. The number of allylic oxidation sites excluding steroid dienone is 2. The zero-order valence-corrected chi connectivity index (χ0v) is 7.17. The molecule has 1 rings (SSSR count). The molecule has 0 saturated heterocycles. The average molecular weight is 150 g/mol. The van der Waals surface area contributed by atoms with Crippen molar-refractivity contribution in [1.82, 2.24) is 0 Å². The van der Waals surface area contributed by atoms with Crippen LogP contribution in [0.4, 0.5) is 0 Å². The summed E-state index contributed by atoms with van der Waals surface area (Å²) in [5, 5.41) is 7.29. The van der Waals surface area contributed by atoms with Crippen LogP contribution in [-0.2, 0) is 0 Å². The Balaban J connectivity index is 2.54. The summed E-state index contributed by atoms with van der Waals surface area (Å²) in [7, 11) is 0. The lowest BCUT2D eigenvalue weighted by atomic mass is 10.1. The maximum absolute atomic E-state index is 3.83. The molecule has 0 atom stereocenters. The van der Waals surface area contributed by atoms with Gasteiger partial charge in [0.05, 0.1) is 5.71 Å². The minimum atomic E-state index is 0.824. The van der Waals surface area contributed by atoms with Crippen molar-refractivity contribution < 1.29 is 0 Å². The maximum Gasteiger partial charge on any atom is 0.0598 e. The first-order valence-corrected chi connectivity index (χ1v) is 3.92. The van der Waals surface area contributed by atoms with E-state index in [0.29, 0.717) is 0 Å². The van der Waals surface area contributed by atoms with Gasteiger partial charge in [0, 0.05) is 6.72 Å². The van der Waals surface area contributed by atoms with Crippen LogP contribution in [0, 0.1) is 5.92 Å². The highest BCUT2D eigenvalue weighted by atomic mass is 15.2. The molecule has 1 aliphatic carbocycles. The van der Waals surface area contributed by atoms with E-state index >= 15 is 0 Å². The first-order valence-electron chi connectivity index (χ1n) is 3.92. The van der Waals surface area contributed by atoms with E-state index < -0.39 is 0 Å². The van der Waals surface area contributed by atoms with Crippen molar-refractivity contribution in [1.29, 1.82) is 0 Å². The lowest BCUT2D eigenvalue weighted by molar-refractivity contribution is 1.01. The summed E-state index contributed by atoms with van der Waals surface area (Å²) in [6.45, 7) is 7.40. The molecule has 0 aromatic carbocycles. The second-order valence-corrected chi connectivity index (χ2v) is 3.05. The Morgan fingerprint density at radius 2 is 2.09 bits per heavy atom. The first kappa shape index (κ1) is 8.18. The van der Waals surface area contributed by atoms with Crippen molar-refractivity contribution in [2.75, 3.05) is 0 Å². The van der Waals surface area contributed by atoms with Gasteiger partial charge < -0.3 is 0 Å². The highest BCUT2D eigenvalue weighted by Crippen LogP contribution is 2.35. The van der Waals surface area contributed by atoms with E-state index in [1.807, 2.05) is 6.92 Å². The smallest absolute Gasteiger partial charge is 0.0598 e. The van der Waals surface area contributed by atoms with Crippen LogP contribution in [0.2, 0.25) is 0 Å². The second-order valence-electron chi connectivity index (χ2n) is 3.05. The fourth-order valence-electron chi connectivity index (χ4n) is 1.13. The maximum atomic E-state index is 3.83. The molecule has 0 unspecified atom stereocenters. The zero-order chi connectivity index (χ0) is 8.27. The molecule has 0 heterocycles. The van der Waals surface area contributed by atoms with Crippen LogP contribution >= 0.6 is 0 Å². The molecule has 1 saturated carbocycles. The van der Waals surface area contributed by atoms with Gasteiger partial charge in [-0.1, -0.05) is 5.57 Å². The van der Waals surface area contributed by atoms with E-state index in [1.54, 1.807) is 0 Å². The number of hydrogen-bond donors (Lipinski definition) is 0. The van der Waals surface area contributed by atoms with E-state index in [4.69, 9.17) is 0 Å². The van der Waals surface area contributed by atoms with Crippen molar-refractivity contribution in [3.63, 3.8) is 0 Å². The van der Waals surface area contributed by atoms with Crippen molar-refractivity contribution in [3.05, 3.63) is 11.6 Å². The van der Waals surface area contributed by atoms with Gasteiger partial charge >= 0.3 is 0 Å². The third kappa shape index (κ3) is 2.66. The van der Waals surface area contributed by atoms with Crippen LogP contribution in [0.3, 0.4) is 0 Å². The fourth-order valence-corrected chi connectivity index (χ4v) is 1.13. The van der Waals surface area contributed by atoms with Crippen molar-refractivity contribution in [3.8, 4) is 0 Å². The molecular formula is C9H14N2. The van der Waals surface area contributed by atoms with E-state index in [2.05, 4.69) is 29.9 Å². The second kappa shape index (κ2) is 3.46. The largest absolute Gasteiger partial charge is 0.167 e. The Bertz CT molecular complexity index is 210. The summed E-state index contributed by atoms with van der Waals surface area (Å²) in [6, 6.07) is 0. The summed E-state index contributed by atoms with van der Waals surface area (Å²) >= 11 is 0. The van der Waals surface area contributed by atoms with Gasteiger partial charge in [0.1, 0.15) is 0 Å². The molecule has 11 heavy (non-hydrogen) atoms. The predicted octanol–water partition coefficient (Wildman–Crippen LogP) is 2.42. The molecule has 0 N–H and O–H groups in total. The van der Waals surface area contributed by atoms with Crippen molar-refractivity contribution in [2.24, 2.45) is 16.1 Å². The Kier molecular flexibility index (Phi) is 2.58. The number of nitrogens with zero attached hydrogens (tertiary/aromatic N) is 2. The molecule has 1 fully saturated rings. The molecule has 2 nitrogen and oxygen atoms in total. The molecule has 0 spiro atoms. The van der Waals surface area contributed by atoms with Crippen LogP contribution in [-0.4, -0.2) is 12.4 Å². The normalized spacial score (nSPS) is 20.2. The van der Waals surface area contributed by atoms with Crippen molar-refractivity contribution >= 4 is 12.4 Å². The van der Waals surface area contributed by atoms with E-state index in [9.17, 15) is 0 Å². The summed E-state index contributed by atoms with van der Waals surface area (Å²) in [4.78, 5) is 0. The Morgan fingerprint density at radius 1 is 1.45 bits per heavy atom. The summed E-state index contributed by atoms with van der Waals surface area (Å²) in [6.07, 6.45) is 4.78. The molecule has 0 aromatic rings. The average Bonchev–Trinajstić information content (AvgIpc) is 2.67. The van der Waals surface area contributed by atoms with Crippen LogP contribution in [0.5, 0.6) is 0 Å². The summed E-state index contributed by atoms with van der Waals surface area (Å²) < 4.78 is 0. The molecule has 0 aromatic heterocycles. The Morgan fingerprint density at radius 3 is 2.55 bits per heavy atom. The number of hydrogen-bond acceptors (Lipinski definition) is 2. The van der Waals surface area contributed by atoms with Gasteiger partial charge in [0.15, 0.2) is 0 Å². The minimum Gasteiger partial charge on any atom is -0.167 e. The van der Waals surface area contributed by atoms with Gasteiger partial charge in [-0.2, -0.15) is 10.2 Å². The van der Waals surface area contributed by atoms with Gasteiger partial charge in [-0.05, 0) is 38.7 Å². The molecule has 60 valence electrons. The van der Waals surface area contributed by atoms with E-state index in [1.165, 1.54) is 18.4 Å². The van der Waals surface area contributed by atoms with Gasteiger partial charge in [-0.15, -0.1) is 0 Å². The van der Waals surface area contributed by atoms with Crippen LogP contribution < -0.4 is 0 Å². The van der Waals surface area contributed by atoms with Crippen molar-refractivity contribution in [2.45, 2.75) is 26.7 Å². The van der Waals surface area contributed by atoms with Gasteiger partial charge in [0.2, 0.25) is 0 Å². The quantitative estimate of drug-likeness (QED) is 0.436. The van der Waals surface area contributed by atoms with Gasteiger partial charge in [-0.3, -0.25) is 0 Å². The molecule has 0 amide bonds. The van der Waals surface area contributed by atoms with E-state index in [-0.39, 0.29) is 0 Å². The molecule has 2 heteroatoms. The SMILES string of the molecule is C=N/N=C(C)\C=C(/C)C1CC1. The zero-order valence-electron chi connectivity index (χ0n) is 7.17. The first-order chi connectivity index (χ1) is 5.24. The van der Waals surface area contributed by atoms with Gasteiger partial charge in [0.25, 0.3) is 0 Å². The predicted molar refractivity (Wildman–Crippen MR) is 49.1 cm³/mol.